The maximum atomic E-state index is 5.90. The summed E-state index contributed by atoms with van der Waals surface area (Å²) in [5, 5.41) is 0.799. The minimum Gasteiger partial charge on any atom is -0.291 e. The molecule has 0 aliphatic carbocycles. The standard InChI is InChI=1S/C15H13BrClN/c16-14-4-3-12-9-18(10-13(12)7-14)8-11-1-5-15(17)6-2-11/h1-7H,8-10H2. The Morgan fingerprint density at radius 3 is 2.50 bits per heavy atom. The van der Waals surface area contributed by atoms with Gasteiger partial charge in [-0.05, 0) is 41.0 Å². The number of hydrogen-bond donors (Lipinski definition) is 0. The van der Waals surface area contributed by atoms with Crippen molar-refractivity contribution in [3.05, 3.63) is 68.7 Å². The number of fused-ring (bicyclic) bond motifs is 1. The highest BCUT2D eigenvalue weighted by molar-refractivity contribution is 9.10. The summed E-state index contributed by atoms with van der Waals surface area (Å²) in [5.41, 5.74) is 4.18. The third-order valence-electron chi connectivity index (χ3n) is 3.28. The second kappa shape index (κ2) is 5.04. The van der Waals surface area contributed by atoms with Gasteiger partial charge in [0.1, 0.15) is 0 Å². The number of nitrogens with zero attached hydrogens (tertiary/aromatic N) is 1. The van der Waals surface area contributed by atoms with E-state index in [4.69, 9.17) is 11.6 Å². The molecular formula is C15H13BrClN. The van der Waals surface area contributed by atoms with E-state index >= 15 is 0 Å². The highest BCUT2D eigenvalue weighted by Crippen LogP contribution is 2.27. The average Bonchev–Trinajstić information content (AvgIpc) is 2.73. The molecule has 0 unspecified atom stereocenters. The molecule has 0 spiro atoms. The van der Waals surface area contributed by atoms with Crippen LogP contribution in [0.3, 0.4) is 0 Å². The first-order chi connectivity index (χ1) is 8.70. The second-order valence-corrected chi connectivity index (χ2v) is 6.04. The van der Waals surface area contributed by atoms with Crippen LogP contribution in [-0.2, 0) is 19.6 Å². The Morgan fingerprint density at radius 1 is 1.00 bits per heavy atom. The molecule has 3 heteroatoms. The summed E-state index contributed by atoms with van der Waals surface area (Å²) in [6, 6.07) is 14.7. The van der Waals surface area contributed by atoms with Crippen LogP contribution in [0.1, 0.15) is 16.7 Å². The van der Waals surface area contributed by atoms with Gasteiger partial charge in [0.15, 0.2) is 0 Å². The van der Waals surface area contributed by atoms with Crippen LogP contribution in [0.4, 0.5) is 0 Å². The summed E-state index contributed by atoms with van der Waals surface area (Å²) in [4.78, 5) is 2.44. The van der Waals surface area contributed by atoms with Gasteiger partial charge in [-0.25, -0.2) is 0 Å². The molecule has 0 saturated carbocycles. The fraction of sp³-hybridized carbons (Fsp3) is 0.200. The van der Waals surface area contributed by atoms with Crippen LogP contribution in [-0.4, -0.2) is 4.90 Å². The molecule has 0 saturated heterocycles. The Hall–Kier alpha value is -0.830. The van der Waals surface area contributed by atoms with Crippen LogP contribution in [0.2, 0.25) is 5.02 Å². The lowest BCUT2D eigenvalue weighted by atomic mass is 10.1. The van der Waals surface area contributed by atoms with E-state index in [0.29, 0.717) is 0 Å². The highest BCUT2D eigenvalue weighted by Gasteiger charge is 2.18. The summed E-state index contributed by atoms with van der Waals surface area (Å²) in [6.45, 7) is 3.03. The van der Waals surface area contributed by atoms with Crippen molar-refractivity contribution < 1.29 is 0 Å². The molecule has 0 amide bonds. The molecule has 18 heavy (non-hydrogen) atoms. The molecule has 1 aliphatic heterocycles. The summed E-state index contributed by atoms with van der Waals surface area (Å²) in [7, 11) is 0. The summed E-state index contributed by atoms with van der Waals surface area (Å²) in [5.74, 6) is 0. The molecule has 0 radical (unpaired) electrons. The first-order valence-corrected chi connectivity index (χ1v) is 7.12. The number of halogens is 2. The van der Waals surface area contributed by atoms with Gasteiger partial charge >= 0.3 is 0 Å². The van der Waals surface area contributed by atoms with Gasteiger partial charge in [-0.15, -0.1) is 0 Å². The monoisotopic (exact) mass is 321 g/mol. The maximum absolute atomic E-state index is 5.90. The summed E-state index contributed by atoms with van der Waals surface area (Å²) < 4.78 is 1.16. The normalized spacial score (nSPS) is 14.8. The molecule has 1 nitrogen and oxygen atoms in total. The van der Waals surface area contributed by atoms with Crippen LogP contribution in [0.25, 0.3) is 0 Å². The minimum atomic E-state index is 0.799. The lowest BCUT2D eigenvalue weighted by molar-refractivity contribution is 0.275. The number of hydrogen-bond acceptors (Lipinski definition) is 1. The largest absolute Gasteiger partial charge is 0.291 e. The summed E-state index contributed by atoms with van der Waals surface area (Å²) in [6.07, 6.45) is 0. The molecule has 1 aliphatic rings. The molecular weight excluding hydrogens is 310 g/mol. The van der Waals surface area contributed by atoms with E-state index in [1.165, 1.54) is 16.7 Å². The van der Waals surface area contributed by atoms with Gasteiger partial charge in [0.05, 0.1) is 0 Å². The zero-order valence-corrected chi connectivity index (χ0v) is 12.2. The smallest absolute Gasteiger partial charge is 0.0406 e. The molecule has 2 aromatic rings. The van der Waals surface area contributed by atoms with Crippen LogP contribution in [0.5, 0.6) is 0 Å². The van der Waals surface area contributed by atoms with Crippen LogP contribution in [0.15, 0.2) is 46.9 Å². The summed E-state index contributed by atoms with van der Waals surface area (Å²) >= 11 is 9.43. The van der Waals surface area contributed by atoms with Crippen molar-refractivity contribution in [3.63, 3.8) is 0 Å². The third-order valence-corrected chi connectivity index (χ3v) is 4.02. The molecule has 92 valence electrons. The first kappa shape index (κ1) is 12.2. The van der Waals surface area contributed by atoms with Gasteiger partial charge in [-0.1, -0.05) is 45.7 Å². The van der Waals surface area contributed by atoms with Crippen LogP contribution < -0.4 is 0 Å². The Balaban J connectivity index is 1.72. The topological polar surface area (TPSA) is 3.24 Å². The average molecular weight is 323 g/mol. The third kappa shape index (κ3) is 2.61. The SMILES string of the molecule is Clc1ccc(CN2Cc3ccc(Br)cc3C2)cc1. The quantitative estimate of drug-likeness (QED) is 0.780. The molecule has 0 fully saturated rings. The van der Waals surface area contributed by atoms with Crippen LogP contribution in [0, 0.1) is 0 Å². The molecule has 2 aromatic carbocycles. The molecule has 0 aromatic heterocycles. The Labute approximate surface area is 121 Å². The van der Waals surface area contributed by atoms with Gasteiger partial charge in [0.25, 0.3) is 0 Å². The van der Waals surface area contributed by atoms with Gasteiger partial charge in [0, 0.05) is 29.1 Å². The van der Waals surface area contributed by atoms with E-state index in [1.807, 2.05) is 12.1 Å². The van der Waals surface area contributed by atoms with Crippen molar-refractivity contribution in [2.75, 3.05) is 0 Å². The van der Waals surface area contributed by atoms with E-state index in [0.717, 1.165) is 29.1 Å². The van der Waals surface area contributed by atoms with Crippen molar-refractivity contribution in [2.45, 2.75) is 19.6 Å². The zero-order chi connectivity index (χ0) is 12.5. The molecule has 0 bridgehead atoms. The van der Waals surface area contributed by atoms with Crippen molar-refractivity contribution in [1.82, 2.24) is 4.90 Å². The van der Waals surface area contributed by atoms with Gasteiger partial charge in [0.2, 0.25) is 0 Å². The van der Waals surface area contributed by atoms with Gasteiger partial charge < -0.3 is 0 Å². The van der Waals surface area contributed by atoms with Crippen molar-refractivity contribution in [2.24, 2.45) is 0 Å². The molecule has 0 N–H and O–H groups in total. The van der Waals surface area contributed by atoms with E-state index < -0.39 is 0 Å². The Kier molecular flexibility index (Phi) is 3.42. The van der Waals surface area contributed by atoms with E-state index in [9.17, 15) is 0 Å². The predicted molar refractivity (Wildman–Crippen MR) is 78.5 cm³/mol. The van der Waals surface area contributed by atoms with Crippen molar-refractivity contribution in [1.29, 1.82) is 0 Å². The van der Waals surface area contributed by atoms with E-state index in [-0.39, 0.29) is 0 Å². The Morgan fingerprint density at radius 2 is 1.72 bits per heavy atom. The maximum Gasteiger partial charge on any atom is 0.0406 e. The fourth-order valence-corrected chi connectivity index (χ4v) is 2.93. The van der Waals surface area contributed by atoms with Crippen molar-refractivity contribution >= 4 is 27.5 Å². The molecule has 1 heterocycles. The minimum absolute atomic E-state index is 0.799. The van der Waals surface area contributed by atoms with E-state index in [2.05, 4.69) is 51.2 Å². The number of rotatable bonds is 2. The lowest BCUT2D eigenvalue weighted by Crippen LogP contribution is -2.15. The number of benzene rings is 2. The van der Waals surface area contributed by atoms with Crippen molar-refractivity contribution in [3.8, 4) is 0 Å². The molecule has 3 rings (SSSR count). The lowest BCUT2D eigenvalue weighted by Gasteiger charge is -2.14. The second-order valence-electron chi connectivity index (χ2n) is 4.68. The van der Waals surface area contributed by atoms with Gasteiger partial charge in [-0.3, -0.25) is 4.90 Å². The zero-order valence-electron chi connectivity index (χ0n) is 9.87. The Bertz CT molecular complexity index is 565. The predicted octanol–water partition coefficient (Wildman–Crippen LogP) is 4.62. The van der Waals surface area contributed by atoms with Gasteiger partial charge in [-0.2, -0.15) is 0 Å². The first-order valence-electron chi connectivity index (χ1n) is 5.95. The van der Waals surface area contributed by atoms with E-state index in [1.54, 1.807) is 0 Å². The fourth-order valence-electron chi connectivity index (χ4n) is 2.39. The highest BCUT2D eigenvalue weighted by atomic mass is 79.9. The molecule has 0 atom stereocenters. The van der Waals surface area contributed by atoms with Crippen LogP contribution >= 0.6 is 27.5 Å².